The molecule has 0 aromatic heterocycles. The molecular weight excluding hydrogens is 217 g/mol. The van der Waals surface area contributed by atoms with Gasteiger partial charge in [-0.25, -0.2) is 0 Å². The standard InChI is InChI=1S/C9H8ClF3O/c1-5-2-6(4-14)8(10)7(3-5)9(11,12)13/h2-3,14H,4H2,1H3. The fraction of sp³-hybridized carbons (Fsp3) is 0.333. The van der Waals surface area contributed by atoms with Crippen molar-refractivity contribution in [3.63, 3.8) is 0 Å². The Bertz CT molecular complexity index is 347. The van der Waals surface area contributed by atoms with E-state index in [1.807, 2.05) is 0 Å². The van der Waals surface area contributed by atoms with Crippen molar-refractivity contribution < 1.29 is 18.3 Å². The van der Waals surface area contributed by atoms with Gasteiger partial charge in [0.2, 0.25) is 0 Å². The van der Waals surface area contributed by atoms with E-state index in [1.165, 1.54) is 13.0 Å². The Hall–Kier alpha value is -0.740. The lowest BCUT2D eigenvalue weighted by atomic mass is 10.1. The van der Waals surface area contributed by atoms with Crippen LogP contribution in [0.4, 0.5) is 13.2 Å². The van der Waals surface area contributed by atoms with E-state index in [1.54, 1.807) is 0 Å². The molecule has 1 nitrogen and oxygen atoms in total. The van der Waals surface area contributed by atoms with E-state index in [0.29, 0.717) is 5.56 Å². The van der Waals surface area contributed by atoms with E-state index in [-0.39, 0.29) is 5.56 Å². The molecular formula is C9H8ClF3O. The summed E-state index contributed by atoms with van der Waals surface area (Å²) < 4.78 is 37.1. The van der Waals surface area contributed by atoms with Crippen molar-refractivity contribution >= 4 is 11.6 Å². The third kappa shape index (κ3) is 2.19. The van der Waals surface area contributed by atoms with E-state index in [9.17, 15) is 13.2 Å². The van der Waals surface area contributed by atoms with Gasteiger partial charge in [-0.2, -0.15) is 13.2 Å². The number of hydrogen-bond acceptors (Lipinski definition) is 1. The van der Waals surface area contributed by atoms with Crippen molar-refractivity contribution in [1.29, 1.82) is 0 Å². The maximum Gasteiger partial charge on any atom is 0.417 e. The predicted octanol–water partition coefficient (Wildman–Crippen LogP) is 3.16. The van der Waals surface area contributed by atoms with Crippen LogP contribution in [0.2, 0.25) is 5.02 Å². The number of rotatable bonds is 1. The third-order valence-electron chi connectivity index (χ3n) is 1.77. The predicted molar refractivity (Wildman–Crippen MR) is 47.1 cm³/mol. The average Bonchev–Trinajstić information content (AvgIpc) is 2.06. The largest absolute Gasteiger partial charge is 0.417 e. The maximum absolute atomic E-state index is 12.4. The first-order chi connectivity index (χ1) is 6.36. The van der Waals surface area contributed by atoms with Crippen molar-refractivity contribution in [3.8, 4) is 0 Å². The summed E-state index contributed by atoms with van der Waals surface area (Å²) in [6.07, 6.45) is -4.48. The number of benzene rings is 1. The Morgan fingerprint density at radius 3 is 2.36 bits per heavy atom. The van der Waals surface area contributed by atoms with Crippen LogP contribution < -0.4 is 0 Å². The molecule has 14 heavy (non-hydrogen) atoms. The Kier molecular flexibility index (Phi) is 3.07. The quantitative estimate of drug-likeness (QED) is 0.777. The van der Waals surface area contributed by atoms with Crippen LogP contribution in [0.1, 0.15) is 16.7 Å². The summed E-state index contributed by atoms with van der Waals surface area (Å²) in [7, 11) is 0. The number of hydrogen-bond donors (Lipinski definition) is 1. The highest BCUT2D eigenvalue weighted by molar-refractivity contribution is 6.32. The molecule has 0 heterocycles. The minimum atomic E-state index is -4.48. The van der Waals surface area contributed by atoms with Gasteiger partial charge in [-0.3, -0.25) is 0 Å². The monoisotopic (exact) mass is 224 g/mol. The lowest BCUT2D eigenvalue weighted by Crippen LogP contribution is -2.08. The SMILES string of the molecule is Cc1cc(CO)c(Cl)c(C(F)(F)F)c1. The highest BCUT2D eigenvalue weighted by Gasteiger charge is 2.34. The molecule has 0 fully saturated rings. The van der Waals surface area contributed by atoms with E-state index in [2.05, 4.69) is 0 Å². The zero-order valence-corrected chi connectivity index (χ0v) is 8.08. The Morgan fingerprint density at radius 2 is 1.93 bits per heavy atom. The van der Waals surface area contributed by atoms with Crippen molar-refractivity contribution in [2.45, 2.75) is 19.7 Å². The Morgan fingerprint density at radius 1 is 1.36 bits per heavy atom. The normalized spacial score (nSPS) is 11.9. The molecule has 0 aliphatic heterocycles. The summed E-state index contributed by atoms with van der Waals surface area (Å²) in [4.78, 5) is 0. The zero-order valence-electron chi connectivity index (χ0n) is 7.32. The maximum atomic E-state index is 12.4. The number of halogens is 4. The van der Waals surface area contributed by atoms with Gasteiger partial charge in [-0.05, 0) is 18.6 Å². The van der Waals surface area contributed by atoms with Crippen LogP contribution in [0.25, 0.3) is 0 Å². The van der Waals surface area contributed by atoms with Crippen LogP contribution in [0.5, 0.6) is 0 Å². The molecule has 1 aromatic carbocycles. The van der Waals surface area contributed by atoms with Crippen molar-refractivity contribution in [3.05, 3.63) is 33.8 Å². The van der Waals surface area contributed by atoms with E-state index in [0.717, 1.165) is 6.07 Å². The Balaban J connectivity index is 3.37. The number of aryl methyl sites for hydroxylation is 1. The smallest absolute Gasteiger partial charge is 0.392 e. The highest BCUT2D eigenvalue weighted by atomic mass is 35.5. The minimum absolute atomic E-state index is 0.0963. The second-order valence-electron chi connectivity index (χ2n) is 2.94. The summed E-state index contributed by atoms with van der Waals surface area (Å²) >= 11 is 5.49. The first-order valence-corrected chi connectivity index (χ1v) is 4.21. The van der Waals surface area contributed by atoms with Gasteiger partial charge in [0, 0.05) is 0 Å². The van der Waals surface area contributed by atoms with Crippen LogP contribution >= 0.6 is 11.6 Å². The summed E-state index contributed by atoms with van der Waals surface area (Å²) in [6, 6.07) is 2.39. The van der Waals surface area contributed by atoms with Gasteiger partial charge < -0.3 is 5.11 Å². The molecule has 0 bridgehead atoms. The van der Waals surface area contributed by atoms with Crippen molar-refractivity contribution in [2.75, 3.05) is 0 Å². The van der Waals surface area contributed by atoms with Gasteiger partial charge >= 0.3 is 6.18 Å². The summed E-state index contributed by atoms with van der Waals surface area (Å²) in [5, 5.41) is 8.36. The molecule has 0 aliphatic carbocycles. The second-order valence-corrected chi connectivity index (χ2v) is 3.32. The molecule has 0 aliphatic rings. The summed E-state index contributed by atoms with van der Waals surface area (Å²) in [5.41, 5.74) is -0.381. The second kappa shape index (κ2) is 3.79. The molecule has 0 atom stereocenters. The molecule has 0 spiro atoms. The number of aliphatic hydroxyl groups excluding tert-OH is 1. The van der Waals surface area contributed by atoms with Crippen LogP contribution in [0.15, 0.2) is 12.1 Å². The van der Waals surface area contributed by atoms with Gasteiger partial charge in [-0.15, -0.1) is 0 Å². The third-order valence-corrected chi connectivity index (χ3v) is 2.21. The number of aliphatic hydroxyl groups is 1. The molecule has 0 saturated heterocycles. The van der Waals surface area contributed by atoms with Crippen molar-refractivity contribution in [2.24, 2.45) is 0 Å². The fourth-order valence-corrected chi connectivity index (χ4v) is 1.44. The molecule has 0 saturated carbocycles. The average molecular weight is 225 g/mol. The molecule has 1 rings (SSSR count). The lowest BCUT2D eigenvalue weighted by molar-refractivity contribution is -0.137. The summed E-state index contributed by atoms with van der Waals surface area (Å²) in [6.45, 7) is 1.02. The first-order valence-electron chi connectivity index (χ1n) is 3.83. The molecule has 1 N–H and O–H groups in total. The molecule has 1 aromatic rings. The molecule has 0 unspecified atom stereocenters. The summed E-state index contributed by atoms with van der Waals surface area (Å²) in [5.74, 6) is 0. The highest BCUT2D eigenvalue weighted by Crippen LogP contribution is 2.37. The first kappa shape index (κ1) is 11.3. The molecule has 0 radical (unpaired) electrons. The molecule has 5 heteroatoms. The Labute approximate surface area is 84.1 Å². The lowest BCUT2D eigenvalue weighted by Gasteiger charge is -2.12. The van der Waals surface area contributed by atoms with Crippen LogP contribution in [0, 0.1) is 6.92 Å². The zero-order chi connectivity index (χ0) is 10.9. The van der Waals surface area contributed by atoms with Crippen molar-refractivity contribution in [1.82, 2.24) is 0 Å². The van der Waals surface area contributed by atoms with Gasteiger partial charge in [0.25, 0.3) is 0 Å². The number of alkyl halides is 3. The van der Waals surface area contributed by atoms with E-state index < -0.39 is 23.4 Å². The fourth-order valence-electron chi connectivity index (χ4n) is 1.17. The topological polar surface area (TPSA) is 20.2 Å². The molecule has 78 valence electrons. The van der Waals surface area contributed by atoms with Gasteiger partial charge in [0.15, 0.2) is 0 Å². The van der Waals surface area contributed by atoms with E-state index in [4.69, 9.17) is 16.7 Å². The minimum Gasteiger partial charge on any atom is -0.392 e. The van der Waals surface area contributed by atoms with Gasteiger partial charge in [0.1, 0.15) is 0 Å². The van der Waals surface area contributed by atoms with Crippen LogP contribution in [0.3, 0.4) is 0 Å². The van der Waals surface area contributed by atoms with Crippen LogP contribution in [-0.2, 0) is 12.8 Å². The molecule has 0 amide bonds. The van der Waals surface area contributed by atoms with Gasteiger partial charge in [0.05, 0.1) is 17.2 Å². The van der Waals surface area contributed by atoms with Gasteiger partial charge in [-0.1, -0.05) is 23.2 Å². The van der Waals surface area contributed by atoms with Crippen LogP contribution in [-0.4, -0.2) is 5.11 Å². The van der Waals surface area contributed by atoms with E-state index >= 15 is 0 Å².